The van der Waals surface area contributed by atoms with E-state index in [9.17, 15) is 4.79 Å². The minimum Gasteiger partial charge on any atom is -0.497 e. The van der Waals surface area contributed by atoms with Crippen LogP contribution < -0.4 is 15.8 Å². The van der Waals surface area contributed by atoms with Gasteiger partial charge in [0.15, 0.2) is 0 Å². The number of benzene rings is 1. The van der Waals surface area contributed by atoms with Gasteiger partial charge in [0.05, 0.1) is 19.5 Å². The minimum atomic E-state index is -0.361. The van der Waals surface area contributed by atoms with E-state index in [1.165, 1.54) is 12.4 Å². The lowest BCUT2D eigenvalue weighted by atomic mass is 10.3. The first-order valence-corrected chi connectivity index (χ1v) is 5.22. The van der Waals surface area contributed by atoms with Crippen molar-refractivity contribution in [1.82, 2.24) is 9.97 Å². The van der Waals surface area contributed by atoms with Crippen molar-refractivity contribution in [3.05, 3.63) is 42.4 Å². The SMILES string of the molecule is COc1ccc(NC(=O)c2cncc(N)n2)cc1. The first-order chi connectivity index (χ1) is 8.69. The van der Waals surface area contributed by atoms with Crippen LogP contribution in [0.3, 0.4) is 0 Å². The summed E-state index contributed by atoms with van der Waals surface area (Å²) in [4.78, 5) is 19.5. The molecule has 0 spiro atoms. The van der Waals surface area contributed by atoms with E-state index in [2.05, 4.69) is 15.3 Å². The molecule has 1 amide bonds. The fraction of sp³-hybridized carbons (Fsp3) is 0.0833. The maximum absolute atomic E-state index is 11.8. The molecule has 2 aromatic rings. The van der Waals surface area contributed by atoms with E-state index in [1.54, 1.807) is 31.4 Å². The van der Waals surface area contributed by atoms with E-state index >= 15 is 0 Å². The number of nitrogens with one attached hydrogen (secondary N) is 1. The van der Waals surface area contributed by atoms with Crippen LogP contribution in [0.25, 0.3) is 0 Å². The summed E-state index contributed by atoms with van der Waals surface area (Å²) in [7, 11) is 1.58. The third-order valence-corrected chi connectivity index (χ3v) is 2.23. The lowest BCUT2D eigenvalue weighted by Gasteiger charge is -2.05. The minimum absolute atomic E-state index is 0.172. The average Bonchev–Trinajstić information content (AvgIpc) is 2.39. The van der Waals surface area contributed by atoms with Gasteiger partial charge >= 0.3 is 0 Å². The Morgan fingerprint density at radius 3 is 2.61 bits per heavy atom. The molecule has 0 saturated heterocycles. The molecule has 3 N–H and O–H groups in total. The van der Waals surface area contributed by atoms with Gasteiger partial charge in [0.2, 0.25) is 0 Å². The van der Waals surface area contributed by atoms with Gasteiger partial charge in [-0.25, -0.2) is 4.98 Å². The monoisotopic (exact) mass is 244 g/mol. The van der Waals surface area contributed by atoms with Crippen molar-refractivity contribution in [2.24, 2.45) is 0 Å². The number of nitrogens with two attached hydrogens (primary N) is 1. The molecule has 0 aliphatic heterocycles. The van der Waals surface area contributed by atoms with Crippen molar-refractivity contribution in [1.29, 1.82) is 0 Å². The van der Waals surface area contributed by atoms with Crippen molar-refractivity contribution in [3.63, 3.8) is 0 Å². The second-order valence-corrected chi connectivity index (χ2v) is 3.51. The standard InChI is InChI=1S/C12H12N4O2/c1-18-9-4-2-8(3-5-9)15-12(17)10-6-14-7-11(13)16-10/h2-7H,1H3,(H2,13,16)(H,15,17). The number of anilines is 2. The number of carbonyl (C=O) groups is 1. The van der Waals surface area contributed by atoms with Crippen molar-refractivity contribution in [3.8, 4) is 5.75 Å². The van der Waals surface area contributed by atoms with Crippen LogP contribution in [0.2, 0.25) is 0 Å². The highest BCUT2D eigenvalue weighted by atomic mass is 16.5. The maximum Gasteiger partial charge on any atom is 0.275 e. The van der Waals surface area contributed by atoms with E-state index in [0.717, 1.165) is 5.75 Å². The molecule has 0 bridgehead atoms. The van der Waals surface area contributed by atoms with Crippen molar-refractivity contribution < 1.29 is 9.53 Å². The summed E-state index contributed by atoms with van der Waals surface area (Å²) >= 11 is 0. The van der Waals surface area contributed by atoms with Crippen molar-refractivity contribution in [2.75, 3.05) is 18.2 Å². The fourth-order valence-corrected chi connectivity index (χ4v) is 1.36. The molecule has 6 heteroatoms. The zero-order valence-electron chi connectivity index (χ0n) is 9.75. The number of aromatic nitrogens is 2. The number of rotatable bonds is 3. The van der Waals surface area contributed by atoms with E-state index in [-0.39, 0.29) is 17.4 Å². The van der Waals surface area contributed by atoms with Crippen LogP contribution in [0.5, 0.6) is 5.75 Å². The van der Waals surface area contributed by atoms with Crippen molar-refractivity contribution >= 4 is 17.4 Å². The average molecular weight is 244 g/mol. The van der Waals surface area contributed by atoms with Crippen LogP contribution in [0.1, 0.15) is 10.5 Å². The Labute approximate surface area is 104 Å². The molecular formula is C12H12N4O2. The summed E-state index contributed by atoms with van der Waals surface area (Å²) in [6.07, 6.45) is 2.74. The maximum atomic E-state index is 11.8. The molecule has 2 rings (SSSR count). The van der Waals surface area contributed by atoms with Crippen LogP contribution in [-0.2, 0) is 0 Å². The van der Waals surface area contributed by atoms with Gasteiger partial charge in [-0.05, 0) is 24.3 Å². The number of hydrogen-bond donors (Lipinski definition) is 2. The second kappa shape index (κ2) is 5.13. The third-order valence-electron chi connectivity index (χ3n) is 2.23. The Kier molecular flexibility index (Phi) is 3.38. The van der Waals surface area contributed by atoms with E-state index in [0.29, 0.717) is 5.69 Å². The number of carbonyl (C=O) groups excluding carboxylic acids is 1. The fourth-order valence-electron chi connectivity index (χ4n) is 1.36. The highest BCUT2D eigenvalue weighted by molar-refractivity contribution is 6.02. The number of amides is 1. The zero-order chi connectivity index (χ0) is 13.0. The summed E-state index contributed by atoms with van der Waals surface area (Å²) in [6.45, 7) is 0. The molecule has 0 atom stereocenters. The van der Waals surface area contributed by atoms with E-state index in [4.69, 9.17) is 10.5 Å². The summed E-state index contributed by atoms with van der Waals surface area (Å²) < 4.78 is 5.02. The Morgan fingerprint density at radius 1 is 1.28 bits per heavy atom. The Hall–Kier alpha value is -2.63. The first kappa shape index (κ1) is 11.8. The predicted octanol–water partition coefficient (Wildman–Crippen LogP) is 1.32. The predicted molar refractivity (Wildman–Crippen MR) is 67.4 cm³/mol. The quantitative estimate of drug-likeness (QED) is 0.849. The molecule has 0 unspecified atom stereocenters. The van der Waals surface area contributed by atoms with Gasteiger partial charge in [-0.15, -0.1) is 0 Å². The normalized spacial score (nSPS) is 9.83. The molecule has 0 radical (unpaired) electrons. The molecular weight excluding hydrogens is 232 g/mol. The molecule has 18 heavy (non-hydrogen) atoms. The first-order valence-electron chi connectivity index (χ1n) is 5.22. The summed E-state index contributed by atoms with van der Waals surface area (Å²) in [6, 6.07) is 6.97. The summed E-state index contributed by atoms with van der Waals surface area (Å²) in [5.41, 5.74) is 6.27. The molecule has 92 valence electrons. The second-order valence-electron chi connectivity index (χ2n) is 3.51. The molecule has 0 aliphatic rings. The van der Waals surface area contributed by atoms with Crippen LogP contribution >= 0.6 is 0 Å². The largest absolute Gasteiger partial charge is 0.497 e. The number of ether oxygens (including phenoxy) is 1. The van der Waals surface area contributed by atoms with Crippen LogP contribution in [-0.4, -0.2) is 23.0 Å². The molecule has 6 nitrogen and oxygen atoms in total. The smallest absolute Gasteiger partial charge is 0.275 e. The molecule has 1 aromatic carbocycles. The Morgan fingerprint density at radius 2 is 2.00 bits per heavy atom. The lowest BCUT2D eigenvalue weighted by Crippen LogP contribution is -2.14. The van der Waals surface area contributed by atoms with Gasteiger partial charge < -0.3 is 15.8 Å². The van der Waals surface area contributed by atoms with Crippen LogP contribution in [0.4, 0.5) is 11.5 Å². The zero-order valence-corrected chi connectivity index (χ0v) is 9.75. The molecule has 1 aromatic heterocycles. The van der Waals surface area contributed by atoms with E-state index in [1.807, 2.05) is 0 Å². The summed E-state index contributed by atoms with van der Waals surface area (Å²) in [5, 5.41) is 2.68. The number of methoxy groups -OCH3 is 1. The highest BCUT2D eigenvalue weighted by Gasteiger charge is 2.08. The van der Waals surface area contributed by atoms with Gasteiger partial charge in [-0.1, -0.05) is 0 Å². The van der Waals surface area contributed by atoms with Gasteiger partial charge in [-0.2, -0.15) is 0 Å². The van der Waals surface area contributed by atoms with E-state index < -0.39 is 0 Å². The molecule has 1 heterocycles. The lowest BCUT2D eigenvalue weighted by molar-refractivity contribution is 0.102. The Bertz CT molecular complexity index is 554. The molecule has 0 fully saturated rings. The highest BCUT2D eigenvalue weighted by Crippen LogP contribution is 2.15. The summed E-state index contributed by atoms with van der Waals surface area (Å²) in [5.74, 6) is 0.564. The molecule has 0 saturated carbocycles. The van der Waals surface area contributed by atoms with Crippen LogP contribution in [0, 0.1) is 0 Å². The van der Waals surface area contributed by atoms with Gasteiger partial charge in [-0.3, -0.25) is 9.78 Å². The van der Waals surface area contributed by atoms with Crippen molar-refractivity contribution in [2.45, 2.75) is 0 Å². The Balaban J connectivity index is 2.11. The number of hydrogen-bond acceptors (Lipinski definition) is 5. The van der Waals surface area contributed by atoms with Gasteiger partial charge in [0, 0.05) is 5.69 Å². The van der Waals surface area contributed by atoms with Gasteiger partial charge in [0.25, 0.3) is 5.91 Å². The third kappa shape index (κ3) is 2.73. The topological polar surface area (TPSA) is 90.1 Å². The number of nitrogen functional groups attached to an aromatic ring is 1. The molecule has 0 aliphatic carbocycles. The van der Waals surface area contributed by atoms with Gasteiger partial charge in [0.1, 0.15) is 17.3 Å². The number of nitrogens with zero attached hydrogens (tertiary/aromatic N) is 2. The van der Waals surface area contributed by atoms with Crippen LogP contribution in [0.15, 0.2) is 36.7 Å².